The predicted molar refractivity (Wildman–Crippen MR) is 125 cm³/mol. The SMILES string of the molecule is Cc1ccc(N2C(=S)N[C@H](c3ccccn3)[C@@H]2c2cccn2-c2ccccc2F)cc1. The minimum atomic E-state index is -0.273. The van der Waals surface area contributed by atoms with E-state index in [2.05, 4.69) is 46.4 Å². The smallest absolute Gasteiger partial charge is 0.174 e. The molecule has 0 saturated carbocycles. The van der Waals surface area contributed by atoms with Crippen LogP contribution in [0.3, 0.4) is 0 Å². The van der Waals surface area contributed by atoms with Crippen LogP contribution in [0.25, 0.3) is 5.69 Å². The maximum atomic E-state index is 14.7. The quantitative estimate of drug-likeness (QED) is 0.435. The molecule has 2 aromatic carbocycles. The van der Waals surface area contributed by atoms with Crippen LogP contribution in [0, 0.1) is 12.7 Å². The minimum Gasteiger partial charge on any atom is -0.351 e. The van der Waals surface area contributed by atoms with Crippen LogP contribution in [0.5, 0.6) is 0 Å². The predicted octanol–water partition coefficient (Wildman–Crippen LogP) is 5.50. The Balaban J connectivity index is 1.68. The molecular formula is C25H21FN4S. The Kier molecular flexibility index (Phi) is 5.00. The highest BCUT2D eigenvalue weighted by molar-refractivity contribution is 7.80. The summed E-state index contributed by atoms with van der Waals surface area (Å²) in [5.74, 6) is -0.273. The van der Waals surface area contributed by atoms with Crippen LogP contribution in [-0.4, -0.2) is 14.7 Å². The second-order valence-electron chi connectivity index (χ2n) is 7.59. The number of hydrogen-bond donors (Lipinski definition) is 1. The third-order valence-electron chi connectivity index (χ3n) is 5.61. The van der Waals surface area contributed by atoms with Gasteiger partial charge in [-0.15, -0.1) is 0 Å². The molecule has 1 aliphatic rings. The van der Waals surface area contributed by atoms with E-state index in [4.69, 9.17) is 12.2 Å². The molecule has 31 heavy (non-hydrogen) atoms. The number of aryl methyl sites for hydroxylation is 1. The first-order valence-corrected chi connectivity index (χ1v) is 10.5. The Morgan fingerprint density at radius 1 is 0.935 bits per heavy atom. The van der Waals surface area contributed by atoms with Crippen molar-refractivity contribution in [2.24, 2.45) is 0 Å². The highest BCUT2D eigenvalue weighted by Crippen LogP contribution is 2.42. The van der Waals surface area contributed by atoms with E-state index in [9.17, 15) is 4.39 Å². The standard InChI is InChI=1S/C25H21FN4S/c1-17-11-13-18(14-12-17)30-24(23(28-25(30)31)20-8-4-5-15-27-20)22-10-6-16-29(22)21-9-3-2-7-19(21)26/h2-16,23-24H,1H3,(H,28,31)/t23-,24+/m1/s1. The van der Waals surface area contributed by atoms with Gasteiger partial charge in [0.1, 0.15) is 11.9 Å². The molecule has 0 radical (unpaired) electrons. The van der Waals surface area contributed by atoms with Crippen LogP contribution in [0.15, 0.2) is 91.3 Å². The molecule has 1 aliphatic heterocycles. The molecule has 6 heteroatoms. The number of aromatic nitrogens is 2. The first kappa shape index (κ1) is 19.5. The lowest BCUT2D eigenvalue weighted by Crippen LogP contribution is -2.30. The summed E-state index contributed by atoms with van der Waals surface area (Å²) in [6, 6.07) is 24.5. The highest BCUT2D eigenvalue weighted by Gasteiger charge is 2.42. The van der Waals surface area contributed by atoms with Crippen molar-refractivity contribution in [3.63, 3.8) is 0 Å². The molecule has 0 spiro atoms. The number of nitrogens with one attached hydrogen (secondary N) is 1. The lowest BCUT2D eigenvalue weighted by molar-refractivity contribution is 0.544. The summed E-state index contributed by atoms with van der Waals surface area (Å²) in [6.45, 7) is 2.06. The van der Waals surface area contributed by atoms with Gasteiger partial charge in [0.15, 0.2) is 5.11 Å². The van der Waals surface area contributed by atoms with Crippen molar-refractivity contribution >= 4 is 23.0 Å². The van der Waals surface area contributed by atoms with Crippen molar-refractivity contribution in [3.8, 4) is 5.69 Å². The Labute approximate surface area is 186 Å². The van der Waals surface area contributed by atoms with Crippen LogP contribution < -0.4 is 10.2 Å². The summed E-state index contributed by atoms with van der Waals surface area (Å²) in [7, 11) is 0. The van der Waals surface area contributed by atoms with Crippen molar-refractivity contribution in [1.29, 1.82) is 0 Å². The number of rotatable bonds is 4. The lowest BCUT2D eigenvalue weighted by atomic mass is 10.0. The summed E-state index contributed by atoms with van der Waals surface area (Å²) >= 11 is 5.77. The van der Waals surface area contributed by atoms with Gasteiger partial charge in [0.25, 0.3) is 0 Å². The molecule has 2 aromatic heterocycles. The van der Waals surface area contributed by atoms with Crippen molar-refractivity contribution in [2.45, 2.75) is 19.0 Å². The number of benzene rings is 2. The first-order chi connectivity index (χ1) is 15.1. The average Bonchev–Trinajstić information content (AvgIpc) is 3.39. The van der Waals surface area contributed by atoms with Gasteiger partial charge in [0.05, 0.1) is 17.4 Å². The van der Waals surface area contributed by atoms with Gasteiger partial charge in [0.2, 0.25) is 0 Å². The number of para-hydroxylation sites is 1. The normalized spacial score (nSPS) is 18.3. The van der Waals surface area contributed by atoms with Crippen LogP contribution in [-0.2, 0) is 0 Å². The fraction of sp³-hybridized carbons (Fsp3) is 0.120. The van der Waals surface area contributed by atoms with E-state index in [0.717, 1.165) is 17.1 Å². The first-order valence-electron chi connectivity index (χ1n) is 10.1. The topological polar surface area (TPSA) is 33.1 Å². The molecule has 0 amide bonds. The molecule has 4 nitrogen and oxygen atoms in total. The van der Waals surface area contributed by atoms with Gasteiger partial charge in [-0.25, -0.2) is 4.39 Å². The van der Waals surface area contributed by atoms with E-state index in [1.165, 1.54) is 11.6 Å². The van der Waals surface area contributed by atoms with Gasteiger partial charge in [-0.05, 0) is 67.7 Å². The molecule has 0 bridgehead atoms. The van der Waals surface area contributed by atoms with E-state index < -0.39 is 0 Å². The Bertz CT molecular complexity index is 1220. The molecule has 1 N–H and O–H groups in total. The molecule has 1 fully saturated rings. The van der Waals surface area contributed by atoms with Crippen molar-refractivity contribution < 1.29 is 4.39 Å². The second kappa shape index (κ2) is 7.96. The van der Waals surface area contributed by atoms with E-state index in [0.29, 0.717) is 10.8 Å². The zero-order valence-corrected chi connectivity index (χ0v) is 17.8. The molecule has 1 saturated heterocycles. The van der Waals surface area contributed by atoms with Crippen LogP contribution in [0.1, 0.15) is 29.0 Å². The molecule has 154 valence electrons. The second-order valence-corrected chi connectivity index (χ2v) is 7.97. The zero-order chi connectivity index (χ0) is 21.4. The maximum absolute atomic E-state index is 14.7. The number of halogens is 1. The van der Waals surface area contributed by atoms with Gasteiger partial charge in [-0.1, -0.05) is 35.9 Å². The number of anilines is 1. The number of hydrogen-bond acceptors (Lipinski definition) is 2. The maximum Gasteiger partial charge on any atom is 0.174 e. The van der Waals surface area contributed by atoms with Gasteiger partial charge in [-0.2, -0.15) is 0 Å². The zero-order valence-electron chi connectivity index (χ0n) is 16.9. The largest absolute Gasteiger partial charge is 0.351 e. The lowest BCUT2D eigenvalue weighted by Gasteiger charge is -2.29. The van der Waals surface area contributed by atoms with E-state index in [1.807, 2.05) is 47.2 Å². The van der Waals surface area contributed by atoms with Crippen molar-refractivity contribution in [1.82, 2.24) is 14.9 Å². The Morgan fingerprint density at radius 2 is 1.71 bits per heavy atom. The molecule has 5 rings (SSSR count). The fourth-order valence-electron chi connectivity index (χ4n) is 4.14. The highest BCUT2D eigenvalue weighted by atomic mass is 32.1. The van der Waals surface area contributed by atoms with Gasteiger partial charge in [-0.3, -0.25) is 4.98 Å². The summed E-state index contributed by atoms with van der Waals surface area (Å²) in [4.78, 5) is 6.68. The van der Waals surface area contributed by atoms with Crippen LogP contribution in [0.4, 0.5) is 10.1 Å². The van der Waals surface area contributed by atoms with Gasteiger partial charge >= 0.3 is 0 Å². The van der Waals surface area contributed by atoms with E-state index in [1.54, 1.807) is 18.3 Å². The Hall–Kier alpha value is -3.51. The van der Waals surface area contributed by atoms with Gasteiger partial charge in [0, 0.05) is 23.8 Å². The number of pyridine rings is 1. The minimum absolute atomic E-state index is 0.185. The summed E-state index contributed by atoms with van der Waals surface area (Å²) in [5.41, 5.74) is 4.46. The number of nitrogens with zero attached hydrogens (tertiary/aromatic N) is 3. The average molecular weight is 429 g/mol. The van der Waals surface area contributed by atoms with E-state index >= 15 is 0 Å². The van der Waals surface area contributed by atoms with Crippen molar-refractivity contribution in [2.75, 3.05) is 4.90 Å². The van der Waals surface area contributed by atoms with Crippen LogP contribution in [0.2, 0.25) is 0 Å². The number of thiocarbonyl (C=S) groups is 1. The Morgan fingerprint density at radius 3 is 2.45 bits per heavy atom. The van der Waals surface area contributed by atoms with Crippen LogP contribution >= 0.6 is 12.2 Å². The fourth-order valence-corrected chi connectivity index (χ4v) is 4.49. The summed E-state index contributed by atoms with van der Waals surface area (Å²) in [6.07, 6.45) is 3.67. The molecule has 2 atom stereocenters. The summed E-state index contributed by atoms with van der Waals surface area (Å²) < 4.78 is 16.6. The third kappa shape index (κ3) is 3.49. The summed E-state index contributed by atoms with van der Waals surface area (Å²) in [5, 5.41) is 4.07. The monoisotopic (exact) mass is 428 g/mol. The molecule has 0 aliphatic carbocycles. The molecule has 3 heterocycles. The molecular weight excluding hydrogens is 407 g/mol. The van der Waals surface area contributed by atoms with E-state index in [-0.39, 0.29) is 17.9 Å². The van der Waals surface area contributed by atoms with Gasteiger partial charge < -0.3 is 14.8 Å². The van der Waals surface area contributed by atoms with Crippen molar-refractivity contribution in [3.05, 3.63) is 114 Å². The molecule has 0 unspecified atom stereocenters. The molecule has 4 aromatic rings. The third-order valence-corrected chi connectivity index (χ3v) is 5.92.